The number of aryl methyl sites for hydroxylation is 3. The second-order valence-electron chi connectivity index (χ2n) is 8.95. The largest absolute Gasteiger partial charge is 0.479 e. The minimum atomic E-state index is 0.143. The first kappa shape index (κ1) is 21.4. The number of hydrogen-bond acceptors (Lipinski definition) is 4. The van der Waals surface area contributed by atoms with Crippen molar-refractivity contribution < 1.29 is 9.53 Å². The summed E-state index contributed by atoms with van der Waals surface area (Å²) in [5.41, 5.74) is 5.23. The van der Waals surface area contributed by atoms with Gasteiger partial charge in [0.05, 0.1) is 18.5 Å². The third-order valence-electron chi connectivity index (χ3n) is 7.06. The standard InChI is InChI=1S/C27H30N4O2/c1-17-20(18(2)28-26-25(17)27(33-4)29-30(26)3)14-15-24(32)31-16-8-13-23(31)22-12-7-10-19-9-5-6-11-21(19)22/h5-7,9-12,23H,8,13-16H2,1-4H3. The molecule has 3 heterocycles. The van der Waals surface area contributed by atoms with E-state index in [-0.39, 0.29) is 11.9 Å². The van der Waals surface area contributed by atoms with Crippen molar-refractivity contribution in [2.75, 3.05) is 13.7 Å². The summed E-state index contributed by atoms with van der Waals surface area (Å²) in [6.07, 6.45) is 3.19. The average Bonchev–Trinajstić information content (AvgIpc) is 3.43. The first-order chi connectivity index (χ1) is 16.0. The van der Waals surface area contributed by atoms with E-state index in [2.05, 4.69) is 59.4 Å². The molecule has 4 aromatic rings. The van der Waals surface area contributed by atoms with Gasteiger partial charge in [-0.05, 0) is 60.6 Å². The van der Waals surface area contributed by atoms with Gasteiger partial charge < -0.3 is 9.64 Å². The fourth-order valence-corrected chi connectivity index (χ4v) is 5.41. The lowest BCUT2D eigenvalue weighted by molar-refractivity contribution is -0.132. The van der Waals surface area contributed by atoms with Crippen LogP contribution in [0, 0.1) is 13.8 Å². The SMILES string of the molecule is COc1nn(C)c2nc(C)c(CCC(=O)N3CCCC3c3cccc4ccccc34)c(C)c12. The molecule has 1 saturated heterocycles. The molecule has 5 rings (SSSR count). The lowest BCUT2D eigenvalue weighted by atomic mass is 9.96. The minimum Gasteiger partial charge on any atom is -0.479 e. The Kier molecular flexibility index (Phi) is 5.52. The maximum atomic E-state index is 13.4. The van der Waals surface area contributed by atoms with Crippen LogP contribution in [0.25, 0.3) is 21.8 Å². The Labute approximate surface area is 194 Å². The molecule has 170 valence electrons. The Morgan fingerprint density at radius 1 is 1.15 bits per heavy atom. The second kappa shape index (κ2) is 8.50. The van der Waals surface area contributed by atoms with Gasteiger partial charge in [0.15, 0.2) is 5.65 Å². The molecule has 0 radical (unpaired) electrons. The van der Waals surface area contributed by atoms with Gasteiger partial charge in [0.25, 0.3) is 0 Å². The van der Waals surface area contributed by atoms with Crippen molar-refractivity contribution in [3.05, 3.63) is 64.8 Å². The topological polar surface area (TPSA) is 60.2 Å². The molecule has 1 unspecified atom stereocenters. The fraction of sp³-hybridized carbons (Fsp3) is 0.370. The van der Waals surface area contributed by atoms with Gasteiger partial charge in [0.2, 0.25) is 11.8 Å². The average molecular weight is 443 g/mol. The normalized spacial score (nSPS) is 16.1. The lowest BCUT2D eigenvalue weighted by Gasteiger charge is -2.26. The van der Waals surface area contributed by atoms with Gasteiger partial charge in [-0.2, -0.15) is 0 Å². The molecule has 0 aliphatic carbocycles. The van der Waals surface area contributed by atoms with Gasteiger partial charge in [-0.25, -0.2) is 9.67 Å². The number of carbonyl (C=O) groups excluding carboxylic acids is 1. The van der Waals surface area contributed by atoms with E-state index in [0.29, 0.717) is 18.7 Å². The van der Waals surface area contributed by atoms with E-state index in [1.807, 2.05) is 14.0 Å². The molecule has 1 fully saturated rings. The maximum absolute atomic E-state index is 13.4. The van der Waals surface area contributed by atoms with Gasteiger partial charge in [0, 0.05) is 25.7 Å². The lowest BCUT2D eigenvalue weighted by Crippen LogP contribution is -2.31. The summed E-state index contributed by atoms with van der Waals surface area (Å²) in [6.45, 7) is 4.91. The summed E-state index contributed by atoms with van der Waals surface area (Å²) in [5.74, 6) is 0.795. The van der Waals surface area contributed by atoms with E-state index in [0.717, 1.165) is 47.2 Å². The number of likely N-dealkylation sites (tertiary alicyclic amines) is 1. The number of carbonyl (C=O) groups is 1. The van der Waals surface area contributed by atoms with E-state index < -0.39 is 0 Å². The highest BCUT2D eigenvalue weighted by molar-refractivity contribution is 5.88. The number of benzene rings is 2. The van der Waals surface area contributed by atoms with Crippen LogP contribution in [0.4, 0.5) is 0 Å². The summed E-state index contributed by atoms with van der Waals surface area (Å²) >= 11 is 0. The number of fused-ring (bicyclic) bond motifs is 2. The van der Waals surface area contributed by atoms with Crippen molar-refractivity contribution in [1.29, 1.82) is 0 Å². The minimum absolute atomic E-state index is 0.143. The highest BCUT2D eigenvalue weighted by Gasteiger charge is 2.31. The van der Waals surface area contributed by atoms with E-state index >= 15 is 0 Å². The first-order valence-corrected chi connectivity index (χ1v) is 11.6. The third-order valence-corrected chi connectivity index (χ3v) is 7.06. The summed E-state index contributed by atoms with van der Waals surface area (Å²) in [5, 5.41) is 7.84. The number of methoxy groups -OCH3 is 1. The maximum Gasteiger partial charge on any atom is 0.242 e. The van der Waals surface area contributed by atoms with Crippen LogP contribution in [-0.4, -0.2) is 39.2 Å². The van der Waals surface area contributed by atoms with Gasteiger partial charge in [0.1, 0.15) is 0 Å². The van der Waals surface area contributed by atoms with Gasteiger partial charge >= 0.3 is 0 Å². The van der Waals surface area contributed by atoms with E-state index in [4.69, 9.17) is 9.72 Å². The van der Waals surface area contributed by atoms with Crippen molar-refractivity contribution in [3.8, 4) is 5.88 Å². The molecule has 1 atom stereocenters. The Hall–Kier alpha value is -3.41. The van der Waals surface area contributed by atoms with Crippen LogP contribution in [-0.2, 0) is 18.3 Å². The molecule has 0 N–H and O–H groups in total. The van der Waals surface area contributed by atoms with Crippen LogP contribution in [0.1, 0.15) is 47.7 Å². The van der Waals surface area contributed by atoms with Gasteiger partial charge in [-0.1, -0.05) is 42.5 Å². The molecule has 2 aromatic heterocycles. The molecular weight excluding hydrogens is 412 g/mol. The fourth-order valence-electron chi connectivity index (χ4n) is 5.41. The Morgan fingerprint density at radius 3 is 2.76 bits per heavy atom. The van der Waals surface area contributed by atoms with Crippen molar-refractivity contribution in [1.82, 2.24) is 19.7 Å². The number of rotatable bonds is 5. The first-order valence-electron chi connectivity index (χ1n) is 11.6. The third kappa shape index (κ3) is 3.63. The van der Waals surface area contributed by atoms with Gasteiger partial charge in [-0.15, -0.1) is 5.10 Å². The Bertz CT molecular complexity index is 1350. The zero-order chi connectivity index (χ0) is 23.1. The second-order valence-corrected chi connectivity index (χ2v) is 8.95. The summed E-state index contributed by atoms with van der Waals surface area (Å²) in [6, 6.07) is 15.0. The van der Waals surface area contributed by atoms with E-state index in [1.165, 1.54) is 16.3 Å². The Morgan fingerprint density at radius 2 is 1.94 bits per heavy atom. The van der Waals surface area contributed by atoms with Crippen LogP contribution >= 0.6 is 0 Å². The molecule has 0 saturated carbocycles. The number of amides is 1. The zero-order valence-corrected chi connectivity index (χ0v) is 19.8. The smallest absolute Gasteiger partial charge is 0.242 e. The van der Waals surface area contributed by atoms with Crippen molar-refractivity contribution in [2.45, 2.75) is 45.6 Å². The highest BCUT2D eigenvalue weighted by atomic mass is 16.5. The molecule has 6 nitrogen and oxygen atoms in total. The van der Waals surface area contributed by atoms with Crippen molar-refractivity contribution >= 4 is 27.7 Å². The molecule has 1 amide bonds. The Balaban J connectivity index is 1.40. The van der Waals surface area contributed by atoms with E-state index in [9.17, 15) is 4.79 Å². The van der Waals surface area contributed by atoms with Crippen LogP contribution in [0.15, 0.2) is 42.5 Å². The van der Waals surface area contributed by atoms with Crippen molar-refractivity contribution in [3.63, 3.8) is 0 Å². The molecule has 2 aromatic carbocycles. The molecule has 1 aliphatic heterocycles. The summed E-state index contributed by atoms with van der Waals surface area (Å²) < 4.78 is 7.23. The number of hydrogen-bond donors (Lipinski definition) is 0. The highest BCUT2D eigenvalue weighted by Crippen LogP contribution is 2.37. The predicted octanol–water partition coefficient (Wildman–Crippen LogP) is 5.04. The van der Waals surface area contributed by atoms with Crippen LogP contribution in [0.2, 0.25) is 0 Å². The monoisotopic (exact) mass is 442 g/mol. The molecular formula is C27H30N4O2. The molecule has 1 aliphatic rings. The number of ether oxygens (including phenoxy) is 1. The number of nitrogens with zero attached hydrogens (tertiary/aromatic N) is 4. The van der Waals surface area contributed by atoms with Crippen LogP contribution < -0.4 is 4.74 Å². The van der Waals surface area contributed by atoms with Gasteiger partial charge in [-0.3, -0.25) is 4.79 Å². The van der Waals surface area contributed by atoms with Crippen LogP contribution in [0.3, 0.4) is 0 Å². The van der Waals surface area contributed by atoms with Crippen molar-refractivity contribution in [2.24, 2.45) is 7.05 Å². The quantitative estimate of drug-likeness (QED) is 0.434. The predicted molar refractivity (Wildman–Crippen MR) is 130 cm³/mol. The van der Waals surface area contributed by atoms with E-state index in [1.54, 1.807) is 11.8 Å². The summed E-state index contributed by atoms with van der Waals surface area (Å²) in [4.78, 5) is 20.3. The number of pyridine rings is 1. The van der Waals surface area contributed by atoms with Crippen LogP contribution in [0.5, 0.6) is 5.88 Å². The molecule has 6 heteroatoms. The summed E-state index contributed by atoms with van der Waals surface area (Å²) in [7, 11) is 3.51. The zero-order valence-electron chi connectivity index (χ0n) is 19.8. The molecule has 33 heavy (non-hydrogen) atoms. The molecule has 0 spiro atoms. The molecule has 0 bridgehead atoms. The number of aromatic nitrogens is 3.